The van der Waals surface area contributed by atoms with Crippen molar-refractivity contribution in [1.82, 2.24) is 15.5 Å². The fraction of sp³-hybridized carbons (Fsp3) is 0.654. The van der Waals surface area contributed by atoms with Crippen LogP contribution in [0.25, 0.3) is 0 Å². The number of amides is 3. The number of benzene rings is 1. The average Bonchev–Trinajstić information content (AvgIpc) is 2.67. The molecule has 1 aliphatic carbocycles. The van der Waals surface area contributed by atoms with Crippen LogP contribution in [0.1, 0.15) is 84.9 Å². The molecular formula is C26H41N3O4S. The number of rotatable bonds is 8. The van der Waals surface area contributed by atoms with Crippen molar-refractivity contribution in [2.24, 2.45) is 0 Å². The molecule has 1 fully saturated rings. The molecule has 2 rings (SSSR count). The first-order valence-electron chi connectivity index (χ1n) is 12.1. The third-order valence-corrected chi connectivity index (χ3v) is 5.99. The van der Waals surface area contributed by atoms with E-state index in [0.717, 1.165) is 36.8 Å². The molecule has 34 heavy (non-hydrogen) atoms. The van der Waals surface area contributed by atoms with E-state index >= 15 is 0 Å². The molecule has 190 valence electrons. The van der Waals surface area contributed by atoms with Gasteiger partial charge in [0, 0.05) is 17.3 Å². The van der Waals surface area contributed by atoms with E-state index in [1.165, 1.54) is 0 Å². The Balaban J connectivity index is 2.44. The SMILES string of the molecule is CCc1ccc(C(C(=O)NC(C)(C)C)N(C(=O)C(CS)NC(=O)OC(C)(C)C)C2CCC2)cc1. The lowest BCUT2D eigenvalue weighted by Gasteiger charge is -2.44. The topological polar surface area (TPSA) is 87.7 Å². The van der Waals surface area contributed by atoms with E-state index in [2.05, 4.69) is 30.2 Å². The van der Waals surface area contributed by atoms with Gasteiger partial charge in [-0.3, -0.25) is 9.59 Å². The fourth-order valence-electron chi connectivity index (χ4n) is 3.81. The second-order valence-corrected chi connectivity index (χ2v) is 11.3. The van der Waals surface area contributed by atoms with E-state index in [1.54, 1.807) is 25.7 Å². The van der Waals surface area contributed by atoms with Crippen LogP contribution in [-0.2, 0) is 20.7 Å². The maximum atomic E-state index is 13.8. The highest BCUT2D eigenvalue weighted by atomic mass is 32.1. The molecule has 0 aliphatic heterocycles. The molecule has 1 saturated carbocycles. The molecule has 2 atom stereocenters. The molecule has 0 saturated heterocycles. The van der Waals surface area contributed by atoms with Crippen molar-refractivity contribution in [2.45, 2.75) is 103 Å². The van der Waals surface area contributed by atoms with Crippen molar-refractivity contribution in [3.05, 3.63) is 35.4 Å². The molecule has 3 amide bonds. The minimum atomic E-state index is -0.918. The largest absolute Gasteiger partial charge is 0.444 e. The van der Waals surface area contributed by atoms with Gasteiger partial charge in [-0.1, -0.05) is 31.2 Å². The standard InChI is InChI=1S/C26H41N3O4S/c1-8-17-12-14-18(15-13-17)21(22(30)28-25(2,3)4)29(19-10-9-11-19)23(31)20(16-34)27-24(32)33-26(5,6)7/h12-15,19-21,34H,8-11,16H2,1-7H3,(H,27,32)(H,28,30). The third kappa shape index (κ3) is 7.93. The Morgan fingerprint density at radius 3 is 2.09 bits per heavy atom. The highest BCUT2D eigenvalue weighted by molar-refractivity contribution is 7.80. The third-order valence-electron chi connectivity index (χ3n) is 5.62. The summed E-state index contributed by atoms with van der Waals surface area (Å²) in [6.45, 7) is 13.1. The van der Waals surface area contributed by atoms with Crippen LogP contribution in [0.4, 0.5) is 4.79 Å². The number of aryl methyl sites for hydroxylation is 1. The molecule has 7 nitrogen and oxygen atoms in total. The van der Waals surface area contributed by atoms with Gasteiger partial charge >= 0.3 is 6.09 Å². The van der Waals surface area contributed by atoms with Gasteiger partial charge in [-0.05, 0) is 78.4 Å². The Hall–Kier alpha value is -2.22. The molecule has 0 bridgehead atoms. The lowest BCUT2D eigenvalue weighted by Crippen LogP contribution is -2.59. The number of nitrogens with zero attached hydrogens (tertiary/aromatic N) is 1. The monoisotopic (exact) mass is 491 g/mol. The lowest BCUT2D eigenvalue weighted by molar-refractivity contribution is -0.147. The summed E-state index contributed by atoms with van der Waals surface area (Å²) in [6, 6.07) is 6.00. The van der Waals surface area contributed by atoms with Crippen LogP contribution in [-0.4, -0.2) is 51.8 Å². The lowest BCUT2D eigenvalue weighted by atomic mass is 9.87. The molecule has 1 aromatic carbocycles. The second kappa shape index (κ2) is 11.5. The Kier molecular flexibility index (Phi) is 9.45. The van der Waals surface area contributed by atoms with E-state index in [0.29, 0.717) is 0 Å². The van der Waals surface area contributed by atoms with Crippen LogP contribution < -0.4 is 10.6 Å². The zero-order chi connectivity index (χ0) is 25.7. The van der Waals surface area contributed by atoms with Gasteiger partial charge in [0.05, 0.1) is 0 Å². The first-order chi connectivity index (χ1) is 15.8. The highest BCUT2D eigenvalue weighted by Gasteiger charge is 2.42. The second-order valence-electron chi connectivity index (χ2n) is 10.9. The van der Waals surface area contributed by atoms with Gasteiger partial charge < -0.3 is 20.3 Å². The number of carbonyl (C=O) groups is 3. The highest BCUT2D eigenvalue weighted by Crippen LogP contribution is 2.34. The van der Waals surface area contributed by atoms with Crippen LogP contribution in [0.3, 0.4) is 0 Å². The molecule has 2 unspecified atom stereocenters. The van der Waals surface area contributed by atoms with E-state index < -0.39 is 29.3 Å². The number of alkyl carbamates (subject to hydrolysis) is 1. The van der Waals surface area contributed by atoms with E-state index in [9.17, 15) is 14.4 Å². The Bertz CT molecular complexity index is 854. The van der Waals surface area contributed by atoms with Crippen molar-refractivity contribution in [2.75, 3.05) is 5.75 Å². The number of carbonyl (C=O) groups excluding carboxylic acids is 3. The fourth-order valence-corrected chi connectivity index (χ4v) is 4.06. The Labute approximate surface area is 209 Å². The van der Waals surface area contributed by atoms with E-state index in [-0.39, 0.29) is 23.6 Å². The zero-order valence-corrected chi connectivity index (χ0v) is 22.5. The number of thiol groups is 1. The average molecular weight is 492 g/mol. The summed E-state index contributed by atoms with van der Waals surface area (Å²) in [4.78, 5) is 41.5. The van der Waals surface area contributed by atoms with Gasteiger partial charge in [0.2, 0.25) is 11.8 Å². The molecule has 1 aromatic rings. The maximum absolute atomic E-state index is 13.8. The first kappa shape index (κ1) is 28.0. The summed E-state index contributed by atoms with van der Waals surface area (Å²) < 4.78 is 5.35. The number of hydrogen-bond acceptors (Lipinski definition) is 5. The van der Waals surface area contributed by atoms with Crippen molar-refractivity contribution < 1.29 is 19.1 Å². The zero-order valence-electron chi connectivity index (χ0n) is 21.6. The summed E-state index contributed by atoms with van der Waals surface area (Å²) in [7, 11) is 0. The summed E-state index contributed by atoms with van der Waals surface area (Å²) in [6.07, 6.45) is 2.80. The summed E-state index contributed by atoms with van der Waals surface area (Å²) in [5.74, 6) is -0.490. The van der Waals surface area contributed by atoms with Crippen molar-refractivity contribution in [3.63, 3.8) is 0 Å². The molecule has 0 heterocycles. The molecule has 2 N–H and O–H groups in total. The minimum absolute atomic E-state index is 0.0862. The molecule has 8 heteroatoms. The van der Waals surface area contributed by atoms with Crippen LogP contribution in [0.5, 0.6) is 0 Å². The Morgan fingerprint density at radius 1 is 1.09 bits per heavy atom. The predicted octanol–water partition coefficient (Wildman–Crippen LogP) is 4.41. The van der Waals surface area contributed by atoms with Gasteiger partial charge in [-0.15, -0.1) is 0 Å². The van der Waals surface area contributed by atoms with Gasteiger partial charge in [0.25, 0.3) is 0 Å². The van der Waals surface area contributed by atoms with Gasteiger partial charge in [0.1, 0.15) is 17.7 Å². The maximum Gasteiger partial charge on any atom is 0.408 e. The van der Waals surface area contributed by atoms with Crippen molar-refractivity contribution >= 4 is 30.5 Å². The molecular weight excluding hydrogens is 450 g/mol. The quantitative estimate of drug-likeness (QED) is 0.470. The normalized spacial score (nSPS) is 16.1. The molecule has 1 aliphatic rings. The van der Waals surface area contributed by atoms with E-state index in [4.69, 9.17) is 4.74 Å². The minimum Gasteiger partial charge on any atom is -0.444 e. The summed E-state index contributed by atoms with van der Waals surface area (Å²) in [5.41, 5.74) is 0.734. The van der Waals surface area contributed by atoms with Gasteiger partial charge in [-0.2, -0.15) is 12.6 Å². The van der Waals surface area contributed by atoms with Crippen molar-refractivity contribution in [3.8, 4) is 0 Å². The number of hydrogen-bond donors (Lipinski definition) is 3. The molecule has 0 radical (unpaired) electrons. The predicted molar refractivity (Wildman–Crippen MR) is 138 cm³/mol. The molecule has 0 spiro atoms. The molecule has 0 aromatic heterocycles. The number of ether oxygens (including phenoxy) is 1. The Morgan fingerprint density at radius 2 is 1.68 bits per heavy atom. The van der Waals surface area contributed by atoms with Crippen LogP contribution >= 0.6 is 12.6 Å². The van der Waals surface area contributed by atoms with Crippen LogP contribution in [0, 0.1) is 0 Å². The first-order valence-corrected chi connectivity index (χ1v) is 12.7. The van der Waals surface area contributed by atoms with Crippen LogP contribution in [0.15, 0.2) is 24.3 Å². The smallest absolute Gasteiger partial charge is 0.408 e. The van der Waals surface area contributed by atoms with Gasteiger partial charge in [-0.25, -0.2) is 4.79 Å². The van der Waals surface area contributed by atoms with E-state index in [1.807, 2.05) is 45.0 Å². The van der Waals surface area contributed by atoms with Crippen molar-refractivity contribution in [1.29, 1.82) is 0 Å². The summed E-state index contributed by atoms with van der Waals surface area (Å²) in [5, 5.41) is 5.71. The number of nitrogens with one attached hydrogen (secondary N) is 2. The van der Waals surface area contributed by atoms with Crippen LogP contribution in [0.2, 0.25) is 0 Å². The summed E-state index contributed by atoms with van der Waals surface area (Å²) >= 11 is 4.34. The van der Waals surface area contributed by atoms with Gasteiger partial charge in [0.15, 0.2) is 0 Å².